The molecule has 1 aliphatic heterocycles. The van der Waals surface area contributed by atoms with Crippen LogP contribution in [-0.4, -0.2) is 33.6 Å². The predicted octanol–water partition coefficient (Wildman–Crippen LogP) is 1.31. The molecule has 6 heteroatoms. The van der Waals surface area contributed by atoms with Gasteiger partial charge in [0.2, 0.25) is 5.95 Å². The van der Waals surface area contributed by atoms with Crippen LogP contribution < -0.4 is 4.90 Å². The first kappa shape index (κ1) is 11.8. The van der Waals surface area contributed by atoms with Gasteiger partial charge < -0.3 is 10.0 Å². The number of nitrogens with zero attached hydrogens (tertiary/aromatic N) is 3. The second kappa shape index (κ2) is 4.65. The molecule has 92 valence electrons. The third-order valence-corrected chi connectivity index (χ3v) is 3.09. The van der Waals surface area contributed by atoms with Crippen LogP contribution in [0.2, 0.25) is 0 Å². The fourth-order valence-corrected chi connectivity index (χ4v) is 2.15. The van der Waals surface area contributed by atoms with Crippen LogP contribution in [0.1, 0.15) is 19.8 Å². The van der Waals surface area contributed by atoms with Crippen molar-refractivity contribution in [3.05, 3.63) is 18.2 Å². The van der Waals surface area contributed by atoms with Crippen molar-refractivity contribution in [1.82, 2.24) is 9.97 Å². The standard InChI is InChI=1S/C11H14FN3O2/c1-7-4-8(10(16)17)2-3-15(7)11-13-5-9(12)6-14-11/h5-8H,2-4H2,1H3,(H,16,17). The maximum atomic E-state index is 12.7. The summed E-state index contributed by atoms with van der Waals surface area (Å²) in [5.41, 5.74) is 0. The molecule has 1 aromatic heterocycles. The van der Waals surface area contributed by atoms with E-state index in [1.54, 1.807) is 0 Å². The van der Waals surface area contributed by atoms with Gasteiger partial charge in [0, 0.05) is 12.6 Å². The SMILES string of the molecule is CC1CC(C(=O)O)CCN1c1ncc(F)cn1. The normalized spacial score (nSPS) is 24.7. The van der Waals surface area contributed by atoms with E-state index in [4.69, 9.17) is 5.11 Å². The molecule has 5 nitrogen and oxygen atoms in total. The van der Waals surface area contributed by atoms with Gasteiger partial charge in [0.15, 0.2) is 5.82 Å². The van der Waals surface area contributed by atoms with Crippen molar-refractivity contribution in [2.45, 2.75) is 25.8 Å². The maximum absolute atomic E-state index is 12.7. The van der Waals surface area contributed by atoms with Crippen LogP contribution in [-0.2, 0) is 4.79 Å². The number of aliphatic carboxylic acids is 1. The maximum Gasteiger partial charge on any atom is 0.306 e. The lowest BCUT2D eigenvalue weighted by molar-refractivity contribution is -0.142. The minimum Gasteiger partial charge on any atom is -0.481 e. The van der Waals surface area contributed by atoms with E-state index in [1.807, 2.05) is 11.8 Å². The number of carbonyl (C=O) groups is 1. The Morgan fingerprint density at radius 1 is 1.53 bits per heavy atom. The molecular weight excluding hydrogens is 225 g/mol. The lowest BCUT2D eigenvalue weighted by atomic mass is 9.92. The second-order valence-electron chi connectivity index (χ2n) is 4.30. The summed E-state index contributed by atoms with van der Waals surface area (Å²) in [6.07, 6.45) is 3.38. The third kappa shape index (κ3) is 2.51. The van der Waals surface area contributed by atoms with Gasteiger partial charge in [0.1, 0.15) is 0 Å². The molecule has 0 aliphatic carbocycles. The van der Waals surface area contributed by atoms with E-state index in [0.29, 0.717) is 25.3 Å². The lowest BCUT2D eigenvalue weighted by Gasteiger charge is -2.36. The molecule has 0 bridgehead atoms. The highest BCUT2D eigenvalue weighted by atomic mass is 19.1. The van der Waals surface area contributed by atoms with Gasteiger partial charge in [-0.3, -0.25) is 4.79 Å². The molecule has 0 spiro atoms. The van der Waals surface area contributed by atoms with Gasteiger partial charge in [-0.25, -0.2) is 14.4 Å². The Labute approximate surface area is 98.3 Å². The fraction of sp³-hybridized carbons (Fsp3) is 0.545. The number of halogens is 1. The van der Waals surface area contributed by atoms with Gasteiger partial charge in [-0.05, 0) is 19.8 Å². The Kier molecular flexibility index (Phi) is 3.21. The Morgan fingerprint density at radius 2 is 2.18 bits per heavy atom. The summed E-state index contributed by atoms with van der Waals surface area (Å²) in [4.78, 5) is 20.6. The predicted molar refractivity (Wildman–Crippen MR) is 59.2 cm³/mol. The molecule has 0 radical (unpaired) electrons. The van der Waals surface area contributed by atoms with Crippen LogP contribution in [0.5, 0.6) is 0 Å². The van der Waals surface area contributed by atoms with Crippen LogP contribution in [0.15, 0.2) is 12.4 Å². The van der Waals surface area contributed by atoms with E-state index in [1.165, 1.54) is 0 Å². The molecule has 1 aromatic rings. The van der Waals surface area contributed by atoms with Gasteiger partial charge >= 0.3 is 5.97 Å². The first-order valence-corrected chi connectivity index (χ1v) is 5.55. The minimum atomic E-state index is -0.753. The zero-order chi connectivity index (χ0) is 12.4. The Bertz CT molecular complexity index is 410. The van der Waals surface area contributed by atoms with Gasteiger partial charge in [-0.15, -0.1) is 0 Å². The number of piperidine rings is 1. The van der Waals surface area contributed by atoms with E-state index in [0.717, 1.165) is 12.4 Å². The molecular formula is C11H14FN3O2. The summed E-state index contributed by atoms with van der Waals surface area (Å²) >= 11 is 0. The van der Waals surface area contributed by atoms with E-state index >= 15 is 0 Å². The van der Waals surface area contributed by atoms with E-state index in [2.05, 4.69) is 9.97 Å². The molecule has 1 N–H and O–H groups in total. The van der Waals surface area contributed by atoms with E-state index in [-0.39, 0.29) is 12.0 Å². The number of aromatic nitrogens is 2. The molecule has 1 aliphatic rings. The molecule has 0 aromatic carbocycles. The molecule has 0 amide bonds. The quantitative estimate of drug-likeness (QED) is 0.842. The summed E-state index contributed by atoms with van der Waals surface area (Å²) in [7, 11) is 0. The fourth-order valence-electron chi connectivity index (χ4n) is 2.15. The van der Waals surface area contributed by atoms with Gasteiger partial charge in [0.25, 0.3) is 0 Å². The molecule has 2 atom stereocenters. The van der Waals surface area contributed by atoms with E-state index in [9.17, 15) is 9.18 Å². The van der Waals surface area contributed by atoms with Crippen molar-refractivity contribution >= 4 is 11.9 Å². The second-order valence-corrected chi connectivity index (χ2v) is 4.30. The highest BCUT2D eigenvalue weighted by molar-refractivity contribution is 5.70. The van der Waals surface area contributed by atoms with Crippen LogP contribution in [0.4, 0.5) is 10.3 Å². The van der Waals surface area contributed by atoms with Gasteiger partial charge in [-0.1, -0.05) is 0 Å². The summed E-state index contributed by atoms with van der Waals surface area (Å²) < 4.78 is 12.7. The molecule has 0 saturated carbocycles. The van der Waals surface area contributed by atoms with Crippen LogP contribution in [0.3, 0.4) is 0 Å². The lowest BCUT2D eigenvalue weighted by Crippen LogP contribution is -2.43. The van der Waals surface area contributed by atoms with Gasteiger partial charge in [0.05, 0.1) is 18.3 Å². The number of carboxylic acids is 1. The Hall–Kier alpha value is -1.72. The number of carboxylic acid groups (broad SMARTS) is 1. The number of anilines is 1. The zero-order valence-electron chi connectivity index (χ0n) is 9.51. The summed E-state index contributed by atoms with van der Waals surface area (Å²) in [6, 6.07) is 0.0512. The van der Waals surface area contributed by atoms with Crippen molar-refractivity contribution in [3.8, 4) is 0 Å². The third-order valence-electron chi connectivity index (χ3n) is 3.09. The van der Waals surface area contributed by atoms with Crippen molar-refractivity contribution < 1.29 is 14.3 Å². The monoisotopic (exact) mass is 239 g/mol. The largest absolute Gasteiger partial charge is 0.481 e. The summed E-state index contributed by atoms with van der Waals surface area (Å²) in [5, 5.41) is 8.95. The van der Waals surface area contributed by atoms with Crippen molar-refractivity contribution in [3.63, 3.8) is 0 Å². The molecule has 1 fully saturated rings. The van der Waals surface area contributed by atoms with Crippen molar-refractivity contribution in [1.29, 1.82) is 0 Å². The summed E-state index contributed by atoms with van der Waals surface area (Å²) in [5.74, 6) is -1.07. The first-order valence-electron chi connectivity index (χ1n) is 5.55. The number of rotatable bonds is 2. The average Bonchev–Trinajstić information content (AvgIpc) is 2.30. The summed E-state index contributed by atoms with van der Waals surface area (Å²) in [6.45, 7) is 2.52. The van der Waals surface area contributed by atoms with Gasteiger partial charge in [-0.2, -0.15) is 0 Å². The molecule has 1 saturated heterocycles. The highest BCUT2D eigenvalue weighted by Gasteiger charge is 2.30. The van der Waals surface area contributed by atoms with Crippen molar-refractivity contribution in [2.24, 2.45) is 5.92 Å². The highest BCUT2D eigenvalue weighted by Crippen LogP contribution is 2.25. The Morgan fingerprint density at radius 3 is 2.71 bits per heavy atom. The van der Waals surface area contributed by atoms with E-state index < -0.39 is 11.8 Å². The Balaban J connectivity index is 2.09. The van der Waals surface area contributed by atoms with Crippen LogP contribution >= 0.6 is 0 Å². The first-order chi connectivity index (χ1) is 8.08. The molecule has 2 rings (SSSR count). The minimum absolute atomic E-state index is 0.0512. The van der Waals surface area contributed by atoms with Crippen molar-refractivity contribution in [2.75, 3.05) is 11.4 Å². The topological polar surface area (TPSA) is 66.3 Å². The molecule has 17 heavy (non-hydrogen) atoms. The number of hydrogen-bond acceptors (Lipinski definition) is 4. The number of hydrogen-bond donors (Lipinski definition) is 1. The molecule has 2 unspecified atom stereocenters. The average molecular weight is 239 g/mol. The van der Waals surface area contributed by atoms with Crippen LogP contribution in [0, 0.1) is 11.7 Å². The van der Waals surface area contributed by atoms with Crippen LogP contribution in [0.25, 0.3) is 0 Å². The smallest absolute Gasteiger partial charge is 0.306 e. The zero-order valence-corrected chi connectivity index (χ0v) is 9.51. The molecule has 2 heterocycles.